The summed E-state index contributed by atoms with van der Waals surface area (Å²) in [5.41, 5.74) is 0.103. The van der Waals surface area contributed by atoms with Gasteiger partial charge >= 0.3 is 0 Å². The predicted molar refractivity (Wildman–Crippen MR) is 74.1 cm³/mol. The Morgan fingerprint density at radius 3 is 2.88 bits per heavy atom. The van der Waals surface area contributed by atoms with E-state index in [4.69, 9.17) is 0 Å². The van der Waals surface area contributed by atoms with E-state index in [-0.39, 0.29) is 0 Å². The largest absolute Gasteiger partial charge is 0.385 e. The van der Waals surface area contributed by atoms with Crippen LogP contribution < -0.4 is 0 Å². The van der Waals surface area contributed by atoms with Crippen LogP contribution in [0.1, 0.15) is 23.9 Å². The number of nitrogens with zero attached hydrogens (tertiary/aromatic N) is 1. The lowest BCUT2D eigenvalue weighted by Crippen LogP contribution is -2.27. The fourth-order valence-corrected chi connectivity index (χ4v) is 2.92. The molecule has 2 nitrogen and oxygen atoms in total. The van der Waals surface area contributed by atoms with Crippen LogP contribution >= 0.6 is 27.3 Å². The van der Waals surface area contributed by atoms with Crippen LogP contribution in [0.2, 0.25) is 0 Å². The lowest BCUT2D eigenvalue weighted by atomic mass is 9.88. The van der Waals surface area contributed by atoms with E-state index in [0.717, 1.165) is 15.0 Å². The topological polar surface area (TPSA) is 33.1 Å². The molecule has 4 heteroatoms. The van der Waals surface area contributed by atoms with Crippen LogP contribution in [0.15, 0.2) is 40.3 Å². The molecule has 90 valence electrons. The molecule has 0 saturated carbocycles. The van der Waals surface area contributed by atoms with E-state index < -0.39 is 5.60 Å². The Balaban J connectivity index is 2.30. The van der Waals surface area contributed by atoms with E-state index in [2.05, 4.69) is 20.9 Å². The zero-order valence-corrected chi connectivity index (χ0v) is 12.0. The SMILES string of the molecule is CCC(O)(Cc1nccs1)c1cccc(Br)c1. The van der Waals surface area contributed by atoms with Crippen LogP contribution in [0.25, 0.3) is 0 Å². The highest BCUT2D eigenvalue weighted by Gasteiger charge is 2.28. The third kappa shape index (κ3) is 2.94. The summed E-state index contributed by atoms with van der Waals surface area (Å²) >= 11 is 5.02. The Bertz CT molecular complexity index is 486. The maximum Gasteiger partial charge on any atom is 0.0957 e. The highest BCUT2D eigenvalue weighted by Crippen LogP contribution is 2.31. The summed E-state index contributed by atoms with van der Waals surface area (Å²) in [4.78, 5) is 4.24. The number of aromatic nitrogens is 1. The molecule has 0 bridgehead atoms. The summed E-state index contributed by atoms with van der Waals surface area (Å²) in [6.07, 6.45) is 3.01. The van der Waals surface area contributed by atoms with Gasteiger partial charge in [-0.2, -0.15) is 0 Å². The van der Waals surface area contributed by atoms with E-state index in [1.165, 1.54) is 0 Å². The zero-order chi connectivity index (χ0) is 12.3. The molecule has 0 spiro atoms. The normalized spacial score (nSPS) is 14.5. The Labute approximate surface area is 113 Å². The first-order chi connectivity index (χ1) is 8.14. The van der Waals surface area contributed by atoms with Crippen molar-refractivity contribution in [3.63, 3.8) is 0 Å². The van der Waals surface area contributed by atoms with Gasteiger partial charge in [-0.05, 0) is 24.1 Å². The summed E-state index contributed by atoms with van der Waals surface area (Å²) in [7, 11) is 0. The Morgan fingerprint density at radius 2 is 2.29 bits per heavy atom. The van der Waals surface area contributed by atoms with Crippen molar-refractivity contribution in [3.8, 4) is 0 Å². The number of halogens is 1. The molecular weight excluding hydrogens is 298 g/mol. The average molecular weight is 312 g/mol. The van der Waals surface area contributed by atoms with Gasteiger partial charge in [0, 0.05) is 22.5 Å². The lowest BCUT2D eigenvalue weighted by molar-refractivity contribution is 0.0326. The molecule has 0 radical (unpaired) electrons. The van der Waals surface area contributed by atoms with Crippen LogP contribution in [0.3, 0.4) is 0 Å². The summed E-state index contributed by atoms with van der Waals surface area (Å²) in [5, 5.41) is 13.6. The molecule has 1 aromatic carbocycles. The average Bonchev–Trinajstić information content (AvgIpc) is 2.81. The molecule has 0 saturated heterocycles. The van der Waals surface area contributed by atoms with Crippen molar-refractivity contribution in [2.24, 2.45) is 0 Å². The van der Waals surface area contributed by atoms with Gasteiger partial charge in [-0.3, -0.25) is 0 Å². The summed E-state index contributed by atoms with van der Waals surface area (Å²) in [6, 6.07) is 7.84. The van der Waals surface area contributed by atoms with Gasteiger partial charge in [0.1, 0.15) is 0 Å². The predicted octanol–water partition coefficient (Wildman–Crippen LogP) is 3.75. The minimum absolute atomic E-state index is 0.567. The maximum atomic E-state index is 10.7. The molecule has 1 N–H and O–H groups in total. The van der Waals surface area contributed by atoms with Crippen molar-refractivity contribution in [3.05, 3.63) is 50.9 Å². The number of rotatable bonds is 4. The van der Waals surface area contributed by atoms with Crippen molar-refractivity contribution < 1.29 is 5.11 Å². The second-order valence-electron chi connectivity index (χ2n) is 4.00. The van der Waals surface area contributed by atoms with Gasteiger partial charge in [-0.25, -0.2) is 4.98 Å². The number of benzene rings is 1. The molecule has 1 aromatic heterocycles. The van der Waals surface area contributed by atoms with Gasteiger partial charge in [0.05, 0.1) is 10.6 Å². The van der Waals surface area contributed by atoms with Gasteiger partial charge in [0.15, 0.2) is 0 Å². The highest BCUT2D eigenvalue weighted by molar-refractivity contribution is 9.10. The molecule has 2 rings (SSSR count). The van der Waals surface area contributed by atoms with Gasteiger partial charge in [0.25, 0.3) is 0 Å². The summed E-state index contributed by atoms with van der Waals surface area (Å²) in [5.74, 6) is 0. The quantitative estimate of drug-likeness (QED) is 0.933. The first kappa shape index (κ1) is 12.7. The van der Waals surface area contributed by atoms with Crippen molar-refractivity contribution >= 4 is 27.3 Å². The van der Waals surface area contributed by atoms with E-state index >= 15 is 0 Å². The molecule has 2 aromatic rings. The smallest absolute Gasteiger partial charge is 0.0957 e. The second kappa shape index (κ2) is 5.29. The van der Waals surface area contributed by atoms with E-state index in [1.54, 1.807) is 17.5 Å². The first-order valence-electron chi connectivity index (χ1n) is 5.51. The molecule has 0 aliphatic rings. The van der Waals surface area contributed by atoms with Crippen molar-refractivity contribution in [2.45, 2.75) is 25.4 Å². The second-order valence-corrected chi connectivity index (χ2v) is 5.89. The third-order valence-electron chi connectivity index (χ3n) is 2.87. The van der Waals surface area contributed by atoms with Gasteiger partial charge in [-0.15, -0.1) is 11.3 Å². The van der Waals surface area contributed by atoms with Gasteiger partial charge in [0.2, 0.25) is 0 Å². The van der Waals surface area contributed by atoms with E-state index in [0.29, 0.717) is 12.8 Å². The van der Waals surface area contributed by atoms with Crippen molar-refractivity contribution in [1.29, 1.82) is 0 Å². The number of hydrogen-bond acceptors (Lipinski definition) is 3. The summed E-state index contributed by atoms with van der Waals surface area (Å²) in [6.45, 7) is 1.99. The van der Waals surface area contributed by atoms with Crippen molar-refractivity contribution in [1.82, 2.24) is 4.98 Å². The molecule has 17 heavy (non-hydrogen) atoms. The van der Waals surface area contributed by atoms with Crippen LogP contribution in [0.5, 0.6) is 0 Å². The van der Waals surface area contributed by atoms with Crippen molar-refractivity contribution in [2.75, 3.05) is 0 Å². The minimum Gasteiger partial charge on any atom is -0.385 e. The fourth-order valence-electron chi connectivity index (χ4n) is 1.80. The molecular formula is C13H14BrNOS. The first-order valence-corrected chi connectivity index (χ1v) is 7.18. The molecule has 1 atom stereocenters. The zero-order valence-electron chi connectivity index (χ0n) is 9.56. The molecule has 0 amide bonds. The third-order valence-corrected chi connectivity index (χ3v) is 4.15. The summed E-state index contributed by atoms with van der Waals surface area (Å²) < 4.78 is 0.987. The molecule has 1 unspecified atom stereocenters. The van der Waals surface area contributed by atoms with Crippen LogP contribution in [0.4, 0.5) is 0 Å². The standard InChI is InChI=1S/C13H14BrNOS/c1-2-13(16,9-12-15-6-7-17-12)10-4-3-5-11(14)8-10/h3-8,16H,2,9H2,1H3. The Morgan fingerprint density at radius 1 is 1.47 bits per heavy atom. The van der Waals surface area contributed by atoms with E-state index in [1.807, 2.05) is 36.6 Å². The Kier molecular flexibility index (Phi) is 3.97. The lowest BCUT2D eigenvalue weighted by Gasteiger charge is -2.26. The fraction of sp³-hybridized carbons (Fsp3) is 0.308. The van der Waals surface area contributed by atoms with E-state index in [9.17, 15) is 5.11 Å². The molecule has 1 heterocycles. The van der Waals surface area contributed by atoms with Crippen LogP contribution in [0, 0.1) is 0 Å². The van der Waals surface area contributed by atoms with Gasteiger partial charge < -0.3 is 5.11 Å². The highest BCUT2D eigenvalue weighted by atomic mass is 79.9. The maximum absolute atomic E-state index is 10.7. The van der Waals surface area contributed by atoms with Crippen LogP contribution in [-0.2, 0) is 12.0 Å². The molecule has 0 fully saturated rings. The number of hydrogen-bond donors (Lipinski definition) is 1. The monoisotopic (exact) mass is 311 g/mol. The Hall–Kier alpha value is -0.710. The number of aliphatic hydroxyl groups is 1. The number of thiazole rings is 1. The minimum atomic E-state index is -0.832. The van der Waals surface area contributed by atoms with Crippen LogP contribution in [-0.4, -0.2) is 10.1 Å². The molecule has 0 aliphatic heterocycles. The molecule has 0 aliphatic carbocycles. The van der Waals surface area contributed by atoms with Gasteiger partial charge in [-0.1, -0.05) is 35.0 Å².